The Balaban J connectivity index is 2.32. The van der Waals surface area contributed by atoms with Gasteiger partial charge < -0.3 is 5.73 Å². The number of nitrogens with zero attached hydrogens (tertiary/aromatic N) is 1. The fourth-order valence-electron chi connectivity index (χ4n) is 2.34. The van der Waals surface area contributed by atoms with Crippen LogP contribution in [-0.2, 0) is 4.79 Å². The quantitative estimate of drug-likeness (QED) is 0.830. The number of hydrogen-bond acceptors (Lipinski definition) is 3. The molecule has 1 unspecified atom stereocenters. The third-order valence-corrected chi connectivity index (χ3v) is 3.69. The molecule has 1 saturated heterocycles. The molecule has 0 aliphatic carbocycles. The number of anilines is 1. The number of nitrogens with two attached hydrogens (primary N) is 1. The van der Waals surface area contributed by atoms with Gasteiger partial charge in [-0.25, -0.2) is 10.4 Å². The Kier molecular flexibility index (Phi) is 3.17. The number of amides is 1. The minimum absolute atomic E-state index is 0.0556. The number of para-hydroxylation sites is 1. The van der Waals surface area contributed by atoms with Crippen molar-refractivity contribution in [3.05, 3.63) is 30.3 Å². The van der Waals surface area contributed by atoms with E-state index < -0.39 is 6.04 Å². The van der Waals surface area contributed by atoms with Gasteiger partial charge in [-0.05, 0) is 25.0 Å². The Hall–Kier alpha value is -1.39. The SMILES string of the molecule is CCC1(CC)NN(c2ccccc2)C(=O)C1N. The van der Waals surface area contributed by atoms with E-state index in [0.717, 1.165) is 18.5 Å². The van der Waals surface area contributed by atoms with Gasteiger partial charge in [-0.3, -0.25) is 4.79 Å². The molecular formula is C13H19N3O. The average molecular weight is 233 g/mol. The molecule has 0 aromatic heterocycles. The van der Waals surface area contributed by atoms with Crippen LogP contribution in [0, 0.1) is 0 Å². The second-order valence-electron chi connectivity index (χ2n) is 4.46. The fourth-order valence-corrected chi connectivity index (χ4v) is 2.34. The number of benzene rings is 1. The van der Waals surface area contributed by atoms with E-state index in [0.29, 0.717) is 0 Å². The Morgan fingerprint density at radius 1 is 1.29 bits per heavy atom. The first-order valence-corrected chi connectivity index (χ1v) is 6.07. The predicted octanol–water partition coefficient (Wildman–Crippen LogP) is 1.42. The first-order chi connectivity index (χ1) is 8.14. The van der Waals surface area contributed by atoms with Crippen molar-refractivity contribution in [2.24, 2.45) is 5.73 Å². The maximum absolute atomic E-state index is 12.2. The van der Waals surface area contributed by atoms with Crippen LogP contribution in [-0.4, -0.2) is 17.5 Å². The Morgan fingerprint density at radius 3 is 2.35 bits per heavy atom. The number of rotatable bonds is 3. The van der Waals surface area contributed by atoms with Crippen LogP contribution >= 0.6 is 0 Å². The number of carbonyl (C=O) groups is 1. The second-order valence-corrected chi connectivity index (χ2v) is 4.46. The van der Waals surface area contributed by atoms with Crippen LogP contribution < -0.4 is 16.2 Å². The lowest BCUT2D eigenvalue weighted by Gasteiger charge is -2.29. The molecule has 3 N–H and O–H groups in total. The summed E-state index contributed by atoms with van der Waals surface area (Å²) in [6.45, 7) is 4.11. The van der Waals surface area contributed by atoms with Gasteiger partial charge in [-0.2, -0.15) is 0 Å². The van der Waals surface area contributed by atoms with Crippen molar-refractivity contribution >= 4 is 11.6 Å². The Labute approximate surface area is 102 Å². The van der Waals surface area contributed by atoms with Gasteiger partial charge in [0, 0.05) is 0 Å². The topological polar surface area (TPSA) is 58.4 Å². The van der Waals surface area contributed by atoms with E-state index in [-0.39, 0.29) is 11.4 Å². The molecule has 1 aliphatic heterocycles. The number of nitrogens with one attached hydrogen (secondary N) is 1. The summed E-state index contributed by atoms with van der Waals surface area (Å²) in [7, 11) is 0. The average Bonchev–Trinajstić information content (AvgIpc) is 2.65. The van der Waals surface area contributed by atoms with Crippen molar-refractivity contribution in [2.45, 2.75) is 38.3 Å². The first-order valence-electron chi connectivity index (χ1n) is 6.07. The summed E-state index contributed by atoms with van der Waals surface area (Å²) in [4.78, 5) is 12.2. The fraction of sp³-hybridized carbons (Fsp3) is 0.462. The van der Waals surface area contributed by atoms with Crippen LogP contribution in [0.15, 0.2) is 30.3 Å². The van der Waals surface area contributed by atoms with E-state index in [1.54, 1.807) is 5.01 Å². The molecule has 0 saturated carbocycles. The van der Waals surface area contributed by atoms with E-state index in [1.807, 2.05) is 30.3 Å². The lowest BCUT2D eigenvalue weighted by Crippen LogP contribution is -2.52. The van der Waals surface area contributed by atoms with E-state index in [9.17, 15) is 4.79 Å². The molecule has 1 aromatic carbocycles. The Morgan fingerprint density at radius 2 is 1.88 bits per heavy atom. The highest BCUT2D eigenvalue weighted by atomic mass is 16.2. The van der Waals surface area contributed by atoms with E-state index in [1.165, 1.54) is 0 Å². The summed E-state index contributed by atoms with van der Waals surface area (Å²) < 4.78 is 0. The predicted molar refractivity (Wildman–Crippen MR) is 68.4 cm³/mol. The highest BCUT2D eigenvalue weighted by Gasteiger charge is 2.48. The molecular weight excluding hydrogens is 214 g/mol. The lowest BCUT2D eigenvalue weighted by molar-refractivity contribution is -0.118. The number of hydrogen-bond donors (Lipinski definition) is 2. The lowest BCUT2D eigenvalue weighted by atomic mass is 9.87. The minimum Gasteiger partial charge on any atom is -0.318 e. The van der Waals surface area contributed by atoms with Gasteiger partial charge in [0.15, 0.2) is 0 Å². The molecule has 1 atom stereocenters. The third-order valence-electron chi connectivity index (χ3n) is 3.69. The molecule has 17 heavy (non-hydrogen) atoms. The van der Waals surface area contributed by atoms with Crippen LogP contribution in [0.1, 0.15) is 26.7 Å². The van der Waals surface area contributed by atoms with Gasteiger partial charge >= 0.3 is 0 Å². The summed E-state index contributed by atoms with van der Waals surface area (Å²) in [6.07, 6.45) is 1.67. The highest BCUT2D eigenvalue weighted by molar-refractivity contribution is 5.99. The zero-order valence-corrected chi connectivity index (χ0v) is 10.3. The normalized spacial score (nSPS) is 23.1. The molecule has 0 bridgehead atoms. The molecule has 1 heterocycles. The number of hydrazine groups is 1. The van der Waals surface area contributed by atoms with Crippen molar-refractivity contribution in [3.63, 3.8) is 0 Å². The van der Waals surface area contributed by atoms with Crippen molar-refractivity contribution in [1.82, 2.24) is 5.43 Å². The molecule has 1 aliphatic rings. The van der Waals surface area contributed by atoms with Crippen LogP contribution in [0.5, 0.6) is 0 Å². The summed E-state index contributed by atoms with van der Waals surface area (Å²) >= 11 is 0. The second kappa shape index (κ2) is 4.47. The van der Waals surface area contributed by atoms with Gasteiger partial charge in [0.2, 0.25) is 0 Å². The summed E-state index contributed by atoms with van der Waals surface area (Å²) in [5, 5.41) is 1.58. The van der Waals surface area contributed by atoms with Gasteiger partial charge in [-0.1, -0.05) is 32.0 Å². The van der Waals surface area contributed by atoms with Gasteiger partial charge in [0.25, 0.3) is 5.91 Å². The zero-order chi connectivity index (χ0) is 12.5. The Bertz CT molecular complexity index is 400. The van der Waals surface area contributed by atoms with E-state index >= 15 is 0 Å². The van der Waals surface area contributed by atoms with Crippen LogP contribution in [0.25, 0.3) is 0 Å². The molecule has 92 valence electrons. The molecule has 2 rings (SSSR count). The monoisotopic (exact) mass is 233 g/mol. The maximum Gasteiger partial charge on any atom is 0.260 e. The standard InChI is InChI=1S/C13H19N3O/c1-3-13(4-2)11(14)12(17)16(15-13)10-8-6-5-7-9-10/h5-9,11,15H,3-4,14H2,1-2H3. The van der Waals surface area contributed by atoms with E-state index in [4.69, 9.17) is 5.73 Å². The highest BCUT2D eigenvalue weighted by Crippen LogP contribution is 2.29. The van der Waals surface area contributed by atoms with Gasteiger partial charge in [0.05, 0.1) is 11.2 Å². The number of carbonyl (C=O) groups excluding carboxylic acids is 1. The molecule has 1 fully saturated rings. The molecule has 1 aromatic rings. The van der Waals surface area contributed by atoms with Crippen molar-refractivity contribution in [1.29, 1.82) is 0 Å². The van der Waals surface area contributed by atoms with Crippen molar-refractivity contribution < 1.29 is 4.79 Å². The summed E-state index contributed by atoms with van der Waals surface area (Å²) in [5.74, 6) is -0.0556. The summed E-state index contributed by atoms with van der Waals surface area (Å²) in [6, 6.07) is 9.08. The zero-order valence-electron chi connectivity index (χ0n) is 10.3. The molecule has 0 radical (unpaired) electrons. The summed E-state index contributed by atoms with van der Waals surface area (Å²) in [5.41, 5.74) is 9.86. The van der Waals surface area contributed by atoms with Crippen LogP contribution in [0.4, 0.5) is 5.69 Å². The van der Waals surface area contributed by atoms with Crippen molar-refractivity contribution in [3.8, 4) is 0 Å². The minimum atomic E-state index is -0.474. The maximum atomic E-state index is 12.2. The molecule has 4 nitrogen and oxygen atoms in total. The first kappa shape index (κ1) is 12.1. The largest absolute Gasteiger partial charge is 0.318 e. The van der Waals surface area contributed by atoms with Crippen molar-refractivity contribution in [2.75, 3.05) is 5.01 Å². The molecule has 1 amide bonds. The smallest absolute Gasteiger partial charge is 0.260 e. The third kappa shape index (κ3) is 1.83. The van der Waals surface area contributed by atoms with Crippen LogP contribution in [0.3, 0.4) is 0 Å². The van der Waals surface area contributed by atoms with Gasteiger partial charge in [-0.15, -0.1) is 0 Å². The molecule has 4 heteroatoms. The van der Waals surface area contributed by atoms with Crippen LogP contribution in [0.2, 0.25) is 0 Å². The van der Waals surface area contributed by atoms with E-state index in [2.05, 4.69) is 19.3 Å². The van der Waals surface area contributed by atoms with Gasteiger partial charge in [0.1, 0.15) is 6.04 Å². The molecule has 0 spiro atoms.